The number of ether oxygens (including phenoxy) is 2. The zero-order chi connectivity index (χ0) is 25.1. The summed E-state index contributed by atoms with van der Waals surface area (Å²) in [5.41, 5.74) is 3.53. The lowest BCUT2D eigenvalue weighted by Crippen LogP contribution is -2.31. The topological polar surface area (TPSA) is 80.7 Å². The van der Waals surface area contributed by atoms with Crippen LogP contribution in [0.2, 0.25) is 0 Å². The van der Waals surface area contributed by atoms with Crippen molar-refractivity contribution in [3.8, 4) is 5.75 Å². The van der Waals surface area contributed by atoms with Crippen molar-refractivity contribution in [2.24, 2.45) is 0 Å². The first kappa shape index (κ1) is 24.3. The van der Waals surface area contributed by atoms with Crippen molar-refractivity contribution in [3.63, 3.8) is 0 Å². The van der Waals surface area contributed by atoms with E-state index in [0.717, 1.165) is 43.1 Å². The molecule has 9 heteroatoms. The van der Waals surface area contributed by atoms with Gasteiger partial charge in [0.1, 0.15) is 11.8 Å². The molecule has 2 aromatic heterocycles. The molecule has 188 valence electrons. The van der Waals surface area contributed by atoms with Crippen molar-refractivity contribution in [2.75, 3.05) is 23.9 Å². The Bertz CT molecular complexity index is 1230. The fraction of sp³-hybridized carbons (Fsp3) is 0.370. The molecular weight excluding hydrogens is 474 g/mol. The van der Waals surface area contributed by atoms with Gasteiger partial charge in [0.15, 0.2) is 5.11 Å². The first-order valence-electron chi connectivity index (χ1n) is 12.3. The number of nitrogens with one attached hydrogen (secondary N) is 2. The van der Waals surface area contributed by atoms with Gasteiger partial charge in [0.25, 0.3) is 0 Å². The maximum Gasteiger partial charge on any atom is 0.224 e. The Morgan fingerprint density at radius 1 is 1.28 bits per heavy atom. The summed E-state index contributed by atoms with van der Waals surface area (Å²) < 4.78 is 13.8. The van der Waals surface area contributed by atoms with E-state index in [0.29, 0.717) is 23.0 Å². The number of nitrogens with zero attached hydrogens (tertiary/aromatic N) is 3. The highest BCUT2D eigenvalue weighted by atomic mass is 32.1. The zero-order valence-electron chi connectivity index (χ0n) is 20.5. The Balaban J connectivity index is 1.55. The van der Waals surface area contributed by atoms with Gasteiger partial charge in [0.05, 0.1) is 30.6 Å². The Hall–Kier alpha value is -3.43. The maximum atomic E-state index is 12.0. The van der Waals surface area contributed by atoms with Gasteiger partial charge in [-0.3, -0.25) is 9.78 Å². The quantitative estimate of drug-likeness (QED) is 0.433. The molecule has 8 nitrogen and oxygen atoms in total. The number of aromatic nitrogens is 2. The van der Waals surface area contributed by atoms with Gasteiger partial charge in [-0.2, -0.15) is 0 Å². The van der Waals surface area contributed by atoms with Gasteiger partial charge in [-0.1, -0.05) is 13.0 Å². The van der Waals surface area contributed by atoms with Crippen LogP contribution < -0.4 is 20.3 Å². The van der Waals surface area contributed by atoms with E-state index in [1.165, 1.54) is 0 Å². The fourth-order valence-corrected chi connectivity index (χ4v) is 5.32. The van der Waals surface area contributed by atoms with E-state index in [9.17, 15) is 4.79 Å². The molecule has 1 aromatic carbocycles. The van der Waals surface area contributed by atoms with Crippen molar-refractivity contribution in [3.05, 3.63) is 72.3 Å². The molecule has 0 bridgehead atoms. The third-order valence-corrected chi connectivity index (χ3v) is 7.06. The summed E-state index contributed by atoms with van der Waals surface area (Å²) in [7, 11) is 1.60. The number of hydrogen-bond donors (Lipinski definition) is 2. The Morgan fingerprint density at radius 2 is 2.17 bits per heavy atom. The summed E-state index contributed by atoms with van der Waals surface area (Å²) in [6.45, 7) is 3.43. The SMILES string of the molecule is CCC(=O)Nc1ccc(N2C(=S)N[C@@H](c3ccccn3)[C@@H]2c2cccn2C[C@@H]2CCCO2)cc1OC. The second-order valence-electron chi connectivity index (χ2n) is 9.00. The number of benzene rings is 1. The summed E-state index contributed by atoms with van der Waals surface area (Å²) >= 11 is 5.88. The highest BCUT2D eigenvalue weighted by molar-refractivity contribution is 7.80. The number of hydrogen-bond acceptors (Lipinski definition) is 5. The van der Waals surface area contributed by atoms with E-state index < -0.39 is 0 Å². The summed E-state index contributed by atoms with van der Waals surface area (Å²) in [5.74, 6) is 0.506. The van der Waals surface area contributed by atoms with Gasteiger partial charge in [-0.25, -0.2) is 0 Å². The summed E-state index contributed by atoms with van der Waals surface area (Å²) in [6, 6.07) is 15.6. The molecule has 3 atom stereocenters. The van der Waals surface area contributed by atoms with E-state index >= 15 is 0 Å². The van der Waals surface area contributed by atoms with Crippen LogP contribution in [0.5, 0.6) is 5.75 Å². The predicted molar refractivity (Wildman–Crippen MR) is 143 cm³/mol. The minimum absolute atomic E-state index is 0.0699. The second-order valence-corrected chi connectivity index (χ2v) is 9.39. The normalized spacial score (nSPS) is 21.4. The zero-order valence-corrected chi connectivity index (χ0v) is 21.3. The molecule has 5 rings (SSSR count). The molecule has 0 radical (unpaired) electrons. The summed E-state index contributed by atoms with van der Waals surface area (Å²) in [6.07, 6.45) is 6.67. The highest BCUT2D eigenvalue weighted by Gasteiger charge is 2.42. The molecule has 36 heavy (non-hydrogen) atoms. The largest absolute Gasteiger partial charge is 0.494 e. The molecule has 0 saturated carbocycles. The van der Waals surface area contributed by atoms with Crippen LogP contribution >= 0.6 is 12.2 Å². The Kier molecular flexibility index (Phi) is 7.20. The van der Waals surface area contributed by atoms with E-state index in [2.05, 4.69) is 43.4 Å². The van der Waals surface area contributed by atoms with Gasteiger partial charge in [-0.05, 0) is 61.5 Å². The van der Waals surface area contributed by atoms with Gasteiger partial charge in [0, 0.05) is 49.4 Å². The average Bonchev–Trinajstić information content (AvgIpc) is 3.65. The van der Waals surface area contributed by atoms with Crippen LogP contribution in [0.3, 0.4) is 0 Å². The molecule has 0 aliphatic carbocycles. The Morgan fingerprint density at radius 3 is 2.89 bits per heavy atom. The van der Waals surface area contributed by atoms with Gasteiger partial charge in [0.2, 0.25) is 5.91 Å². The van der Waals surface area contributed by atoms with E-state index in [1.807, 2.05) is 43.3 Å². The third-order valence-electron chi connectivity index (χ3n) is 6.75. The predicted octanol–water partition coefficient (Wildman–Crippen LogP) is 4.60. The molecule has 2 N–H and O–H groups in total. The number of rotatable bonds is 8. The molecule has 3 aromatic rings. The lowest BCUT2D eigenvalue weighted by molar-refractivity contribution is -0.115. The lowest BCUT2D eigenvalue weighted by Gasteiger charge is -2.30. The smallest absolute Gasteiger partial charge is 0.224 e. The highest BCUT2D eigenvalue weighted by Crippen LogP contribution is 2.43. The molecule has 2 aliphatic heterocycles. The van der Waals surface area contributed by atoms with Crippen molar-refractivity contribution >= 4 is 34.6 Å². The molecule has 2 aliphatic rings. The van der Waals surface area contributed by atoms with Gasteiger partial charge in [-0.15, -0.1) is 0 Å². The molecule has 2 fully saturated rings. The van der Waals surface area contributed by atoms with E-state index in [-0.39, 0.29) is 24.1 Å². The van der Waals surface area contributed by atoms with Gasteiger partial charge < -0.3 is 29.6 Å². The minimum Gasteiger partial charge on any atom is -0.494 e. The standard InChI is InChI=1S/C27H31N5O3S/c1-3-24(33)29-20-12-11-18(16-23(20)34-2)32-26(25(30-27(32)36)21-9-4-5-13-28-21)22-10-6-14-31(22)17-19-8-7-15-35-19/h4-6,9-14,16,19,25-26H,3,7-8,15,17H2,1-2H3,(H,29,33)(H,30,36)/t19-,25-,26-/m0/s1. The number of pyridine rings is 1. The molecule has 0 unspecified atom stereocenters. The van der Waals surface area contributed by atoms with Crippen LogP contribution in [0, 0.1) is 0 Å². The van der Waals surface area contributed by atoms with Crippen molar-refractivity contribution in [1.29, 1.82) is 0 Å². The van der Waals surface area contributed by atoms with E-state index in [1.54, 1.807) is 13.3 Å². The number of methoxy groups -OCH3 is 1. The lowest BCUT2D eigenvalue weighted by atomic mass is 10.0. The number of amides is 1. The monoisotopic (exact) mass is 505 g/mol. The van der Waals surface area contributed by atoms with Gasteiger partial charge >= 0.3 is 0 Å². The van der Waals surface area contributed by atoms with Crippen LogP contribution in [-0.2, 0) is 16.1 Å². The van der Waals surface area contributed by atoms with Crippen molar-refractivity contribution in [2.45, 2.75) is 50.9 Å². The van der Waals surface area contributed by atoms with Crippen LogP contribution in [0.25, 0.3) is 0 Å². The number of carbonyl (C=O) groups excluding carboxylic acids is 1. The number of thiocarbonyl (C=S) groups is 1. The summed E-state index contributed by atoms with van der Waals surface area (Å²) in [5, 5.41) is 7.02. The van der Waals surface area contributed by atoms with Crippen molar-refractivity contribution < 1.29 is 14.3 Å². The van der Waals surface area contributed by atoms with Crippen LogP contribution in [0.15, 0.2) is 60.9 Å². The fourth-order valence-electron chi connectivity index (χ4n) is 4.97. The summed E-state index contributed by atoms with van der Waals surface area (Å²) in [4.78, 5) is 18.8. The molecule has 0 spiro atoms. The molecular formula is C27H31N5O3S. The van der Waals surface area contributed by atoms with Crippen LogP contribution in [0.4, 0.5) is 11.4 Å². The van der Waals surface area contributed by atoms with Crippen molar-refractivity contribution in [1.82, 2.24) is 14.9 Å². The third kappa shape index (κ3) is 4.81. The Labute approximate surface area is 216 Å². The first-order valence-corrected chi connectivity index (χ1v) is 12.7. The van der Waals surface area contributed by atoms with E-state index in [4.69, 9.17) is 21.7 Å². The number of anilines is 2. The van der Waals surface area contributed by atoms with Crippen LogP contribution in [-0.4, -0.2) is 40.4 Å². The molecule has 2 saturated heterocycles. The maximum absolute atomic E-state index is 12.0. The minimum atomic E-state index is -0.151. The first-order chi connectivity index (χ1) is 17.6. The number of carbonyl (C=O) groups is 1. The average molecular weight is 506 g/mol. The second kappa shape index (κ2) is 10.7. The van der Waals surface area contributed by atoms with Crippen LogP contribution in [0.1, 0.15) is 49.7 Å². The molecule has 4 heterocycles. The molecule has 1 amide bonds.